The van der Waals surface area contributed by atoms with Crippen LogP contribution in [-0.4, -0.2) is 9.97 Å². The summed E-state index contributed by atoms with van der Waals surface area (Å²) in [5, 5.41) is 1.73. The van der Waals surface area contributed by atoms with Crippen molar-refractivity contribution in [2.45, 2.75) is 26.7 Å². The van der Waals surface area contributed by atoms with Crippen molar-refractivity contribution < 1.29 is 0 Å². The Hall–Kier alpha value is -0.100. The Morgan fingerprint density at radius 1 is 1.14 bits per heavy atom. The molecule has 21 heavy (non-hydrogen) atoms. The molecule has 0 amide bonds. The van der Waals surface area contributed by atoms with Crippen LogP contribution in [0.15, 0.2) is 18.2 Å². The molecule has 0 fully saturated rings. The van der Waals surface area contributed by atoms with E-state index in [1.165, 1.54) is 0 Å². The highest BCUT2D eigenvalue weighted by molar-refractivity contribution is 14.1. The van der Waals surface area contributed by atoms with Gasteiger partial charge in [-0.05, 0) is 52.6 Å². The number of hydrogen-bond acceptors (Lipinski definition) is 2. The van der Waals surface area contributed by atoms with Crippen LogP contribution >= 0.6 is 57.4 Å². The first kappa shape index (κ1) is 17.3. The Morgan fingerprint density at radius 3 is 2.48 bits per heavy atom. The minimum absolute atomic E-state index is 0.501. The number of nitrogens with zero attached hydrogens (tertiary/aromatic N) is 2. The molecule has 0 N–H and O–H groups in total. The fourth-order valence-electron chi connectivity index (χ4n) is 1.95. The maximum absolute atomic E-state index is 6.22. The minimum atomic E-state index is 0.501. The van der Waals surface area contributed by atoms with Crippen molar-refractivity contribution in [3.63, 3.8) is 0 Å². The van der Waals surface area contributed by atoms with E-state index in [0.717, 1.165) is 21.2 Å². The van der Waals surface area contributed by atoms with Crippen molar-refractivity contribution in [1.29, 1.82) is 0 Å². The highest BCUT2D eigenvalue weighted by atomic mass is 127. The van der Waals surface area contributed by atoms with Gasteiger partial charge in [-0.3, -0.25) is 0 Å². The van der Waals surface area contributed by atoms with Crippen molar-refractivity contribution in [3.8, 4) is 0 Å². The molecular weight excluding hydrogens is 441 g/mol. The summed E-state index contributed by atoms with van der Waals surface area (Å²) < 4.78 is 0.925. The molecule has 1 aromatic carbocycles. The second kappa shape index (κ2) is 7.44. The molecule has 0 aliphatic rings. The van der Waals surface area contributed by atoms with E-state index in [1.54, 1.807) is 6.07 Å². The van der Waals surface area contributed by atoms with Crippen LogP contribution in [0, 0.1) is 9.49 Å². The van der Waals surface area contributed by atoms with Gasteiger partial charge in [0.1, 0.15) is 11.0 Å². The van der Waals surface area contributed by atoms with Gasteiger partial charge in [-0.2, -0.15) is 0 Å². The fraction of sp³-hybridized carbons (Fsp3) is 0.333. The lowest BCUT2D eigenvalue weighted by Gasteiger charge is -2.11. The lowest BCUT2D eigenvalue weighted by Crippen LogP contribution is -2.07. The van der Waals surface area contributed by atoms with Gasteiger partial charge >= 0.3 is 0 Å². The van der Waals surface area contributed by atoms with Crippen molar-refractivity contribution in [2.24, 2.45) is 5.92 Å². The summed E-state index contributed by atoms with van der Waals surface area (Å²) in [7, 11) is 0. The molecule has 6 heteroatoms. The first-order valence-electron chi connectivity index (χ1n) is 6.51. The quantitative estimate of drug-likeness (QED) is 0.428. The lowest BCUT2D eigenvalue weighted by atomic mass is 10.1. The molecule has 0 aliphatic heterocycles. The fourth-order valence-corrected chi connectivity index (χ4v) is 3.09. The summed E-state index contributed by atoms with van der Waals surface area (Å²) in [6, 6.07) is 5.43. The van der Waals surface area contributed by atoms with E-state index < -0.39 is 0 Å². The van der Waals surface area contributed by atoms with E-state index in [0.29, 0.717) is 33.4 Å². The Labute approximate surface area is 153 Å². The van der Waals surface area contributed by atoms with E-state index >= 15 is 0 Å². The second-order valence-corrected chi connectivity index (χ2v) is 7.48. The van der Waals surface area contributed by atoms with Crippen molar-refractivity contribution in [3.05, 3.63) is 54.0 Å². The standard InChI is InChI=1S/C15H14Cl3IN2/c1-8(2)5-12-14(19)15(18)21-13(20-12)6-9-3-4-10(16)7-11(9)17/h3-4,7-8H,5-6H2,1-2H3. The first-order valence-corrected chi connectivity index (χ1v) is 8.72. The van der Waals surface area contributed by atoms with Crippen LogP contribution in [0.25, 0.3) is 0 Å². The third-order valence-corrected chi connectivity index (χ3v) is 5.20. The van der Waals surface area contributed by atoms with Crippen LogP contribution in [0.5, 0.6) is 0 Å². The maximum atomic E-state index is 6.22. The molecule has 2 aromatic rings. The van der Waals surface area contributed by atoms with Crippen LogP contribution in [0.3, 0.4) is 0 Å². The molecule has 2 rings (SSSR count). The second-order valence-electron chi connectivity index (χ2n) is 5.20. The lowest BCUT2D eigenvalue weighted by molar-refractivity contribution is 0.628. The van der Waals surface area contributed by atoms with Gasteiger partial charge in [-0.25, -0.2) is 9.97 Å². The van der Waals surface area contributed by atoms with E-state index in [9.17, 15) is 0 Å². The average molecular weight is 456 g/mol. The number of rotatable bonds is 4. The molecule has 1 heterocycles. The monoisotopic (exact) mass is 454 g/mol. The van der Waals surface area contributed by atoms with Gasteiger partial charge in [-0.15, -0.1) is 0 Å². The SMILES string of the molecule is CC(C)Cc1nc(Cc2ccc(Cl)cc2Cl)nc(Cl)c1I. The molecule has 1 aromatic heterocycles. The minimum Gasteiger partial charge on any atom is -0.236 e. The van der Waals surface area contributed by atoms with Crippen LogP contribution in [-0.2, 0) is 12.8 Å². The average Bonchev–Trinajstić information content (AvgIpc) is 2.38. The topological polar surface area (TPSA) is 25.8 Å². The molecule has 0 aliphatic carbocycles. The van der Waals surface area contributed by atoms with Gasteiger partial charge in [0.2, 0.25) is 0 Å². The summed E-state index contributed by atoms with van der Waals surface area (Å²) in [6.45, 7) is 4.31. The van der Waals surface area contributed by atoms with Gasteiger partial charge in [0.25, 0.3) is 0 Å². The molecule has 0 unspecified atom stereocenters. The molecule has 0 bridgehead atoms. The Kier molecular flexibility index (Phi) is 6.12. The number of aromatic nitrogens is 2. The smallest absolute Gasteiger partial charge is 0.146 e. The van der Waals surface area contributed by atoms with Crippen LogP contribution in [0.2, 0.25) is 15.2 Å². The van der Waals surface area contributed by atoms with E-state index in [-0.39, 0.29) is 0 Å². The maximum Gasteiger partial charge on any atom is 0.146 e. The van der Waals surface area contributed by atoms with Crippen LogP contribution in [0.4, 0.5) is 0 Å². The van der Waals surface area contributed by atoms with E-state index in [2.05, 4.69) is 46.4 Å². The Balaban J connectivity index is 2.33. The predicted molar refractivity (Wildman–Crippen MR) is 97.6 cm³/mol. The molecule has 0 saturated heterocycles. The molecule has 0 spiro atoms. The predicted octanol–water partition coefficient (Wildman–Crippen LogP) is 5.83. The van der Waals surface area contributed by atoms with Crippen molar-refractivity contribution in [1.82, 2.24) is 9.97 Å². The van der Waals surface area contributed by atoms with Gasteiger partial charge in [-0.1, -0.05) is 54.7 Å². The van der Waals surface area contributed by atoms with E-state index in [1.807, 2.05) is 12.1 Å². The zero-order valence-electron chi connectivity index (χ0n) is 11.6. The largest absolute Gasteiger partial charge is 0.236 e. The molecule has 0 atom stereocenters. The van der Waals surface area contributed by atoms with E-state index in [4.69, 9.17) is 34.8 Å². The zero-order valence-corrected chi connectivity index (χ0v) is 16.1. The molecule has 2 nitrogen and oxygen atoms in total. The number of halogens is 4. The summed E-state index contributed by atoms with van der Waals surface area (Å²) in [4.78, 5) is 8.99. The number of benzene rings is 1. The summed E-state index contributed by atoms with van der Waals surface area (Å²) in [5.41, 5.74) is 1.93. The van der Waals surface area contributed by atoms with Crippen molar-refractivity contribution in [2.75, 3.05) is 0 Å². The zero-order chi connectivity index (χ0) is 15.6. The summed E-state index contributed by atoms with van der Waals surface area (Å²) >= 11 is 20.5. The van der Waals surface area contributed by atoms with Crippen LogP contribution < -0.4 is 0 Å². The first-order chi connectivity index (χ1) is 9.86. The van der Waals surface area contributed by atoms with Gasteiger partial charge in [0.15, 0.2) is 0 Å². The third-order valence-electron chi connectivity index (χ3n) is 2.89. The summed E-state index contributed by atoms with van der Waals surface area (Å²) in [6.07, 6.45) is 1.42. The summed E-state index contributed by atoms with van der Waals surface area (Å²) in [5.74, 6) is 1.19. The third kappa shape index (κ3) is 4.68. The molecular formula is C15H14Cl3IN2. The van der Waals surface area contributed by atoms with Gasteiger partial charge in [0.05, 0.1) is 9.26 Å². The van der Waals surface area contributed by atoms with Gasteiger partial charge in [0, 0.05) is 16.5 Å². The highest BCUT2D eigenvalue weighted by Crippen LogP contribution is 2.25. The Bertz CT molecular complexity index is 660. The highest BCUT2D eigenvalue weighted by Gasteiger charge is 2.13. The molecule has 0 saturated carbocycles. The Morgan fingerprint density at radius 2 is 1.86 bits per heavy atom. The molecule has 0 radical (unpaired) electrons. The molecule has 112 valence electrons. The normalized spacial score (nSPS) is 11.2. The van der Waals surface area contributed by atoms with Crippen LogP contribution in [0.1, 0.15) is 30.9 Å². The number of hydrogen-bond donors (Lipinski definition) is 0. The van der Waals surface area contributed by atoms with Crippen molar-refractivity contribution >= 4 is 57.4 Å². The van der Waals surface area contributed by atoms with Gasteiger partial charge < -0.3 is 0 Å².